The molecule has 1 aliphatic carbocycles. The highest BCUT2D eigenvalue weighted by molar-refractivity contribution is 5.79. The van der Waals surface area contributed by atoms with Gasteiger partial charge in [0, 0.05) is 57.3 Å². The number of amides is 2. The molecule has 3 heterocycles. The van der Waals surface area contributed by atoms with Gasteiger partial charge in [0.1, 0.15) is 11.4 Å². The van der Waals surface area contributed by atoms with E-state index in [0.717, 1.165) is 76.9 Å². The van der Waals surface area contributed by atoms with Crippen LogP contribution in [0.5, 0.6) is 5.75 Å². The van der Waals surface area contributed by atoms with Gasteiger partial charge < -0.3 is 14.5 Å². The third-order valence-corrected chi connectivity index (χ3v) is 8.12. The summed E-state index contributed by atoms with van der Waals surface area (Å²) in [5.74, 6) is 2.05. The molecule has 1 aromatic carbocycles. The third-order valence-electron chi connectivity index (χ3n) is 8.12. The number of hydrogen-bond donors (Lipinski definition) is 0. The number of rotatable bonds is 3. The van der Waals surface area contributed by atoms with E-state index in [9.17, 15) is 9.59 Å². The molecule has 5 rings (SSSR count). The molecule has 0 N–H and O–H groups in total. The van der Waals surface area contributed by atoms with E-state index in [1.807, 2.05) is 11.0 Å². The van der Waals surface area contributed by atoms with Crippen LogP contribution in [0.25, 0.3) is 0 Å². The lowest BCUT2D eigenvalue weighted by Crippen LogP contribution is -2.53. The fourth-order valence-corrected chi connectivity index (χ4v) is 6.28. The van der Waals surface area contributed by atoms with Crippen LogP contribution in [0, 0.1) is 5.92 Å². The molecule has 5 heteroatoms. The van der Waals surface area contributed by atoms with Gasteiger partial charge in [-0.1, -0.05) is 37.5 Å². The Balaban J connectivity index is 1.27. The van der Waals surface area contributed by atoms with Gasteiger partial charge in [-0.25, -0.2) is 0 Å². The fourth-order valence-electron chi connectivity index (χ4n) is 6.28. The molecule has 31 heavy (non-hydrogen) atoms. The van der Waals surface area contributed by atoms with Crippen molar-refractivity contribution in [2.24, 2.45) is 5.92 Å². The summed E-state index contributed by atoms with van der Waals surface area (Å²) in [6, 6.07) is 8.27. The zero-order valence-corrected chi connectivity index (χ0v) is 18.7. The minimum Gasteiger partial charge on any atom is -0.487 e. The Morgan fingerprint density at radius 1 is 0.903 bits per heavy atom. The topological polar surface area (TPSA) is 49.9 Å². The van der Waals surface area contributed by atoms with Crippen molar-refractivity contribution in [1.29, 1.82) is 0 Å². The third kappa shape index (κ3) is 4.33. The number of likely N-dealkylation sites (tertiary alicyclic amines) is 2. The molecule has 0 aromatic heterocycles. The van der Waals surface area contributed by atoms with Gasteiger partial charge in [-0.2, -0.15) is 0 Å². The quantitative estimate of drug-likeness (QED) is 0.717. The predicted octanol–water partition coefficient (Wildman–Crippen LogP) is 4.51. The maximum atomic E-state index is 13.0. The molecule has 2 amide bonds. The summed E-state index contributed by atoms with van der Waals surface area (Å²) in [6.45, 7) is 3.38. The summed E-state index contributed by atoms with van der Waals surface area (Å²) >= 11 is 0. The summed E-state index contributed by atoms with van der Waals surface area (Å²) in [5.41, 5.74) is 0.939. The molecule has 0 unspecified atom stereocenters. The summed E-state index contributed by atoms with van der Waals surface area (Å²) in [5, 5.41) is 0. The van der Waals surface area contributed by atoms with Crippen LogP contribution in [0.15, 0.2) is 24.3 Å². The van der Waals surface area contributed by atoms with Gasteiger partial charge in [-0.15, -0.1) is 0 Å². The molecule has 168 valence electrons. The monoisotopic (exact) mass is 424 g/mol. The second-order valence-corrected chi connectivity index (χ2v) is 10.2. The molecule has 5 nitrogen and oxygen atoms in total. The molecule has 4 aliphatic rings. The Kier molecular flexibility index (Phi) is 5.94. The molecule has 1 atom stereocenters. The van der Waals surface area contributed by atoms with E-state index in [1.165, 1.54) is 24.8 Å². The maximum Gasteiger partial charge on any atom is 0.225 e. The minimum absolute atomic E-state index is 0.207. The highest BCUT2D eigenvalue weighted by Crippen LogP contribution is 2.47. The van der Waals surface area contributed by atoms with Gasteiger partial charge >= 0.3 is 0 Å². The molecule has 0 radical (unpaired) electrons. The van der Waals surface area contributed by atoms with Gasteiger partial charge in [-0.05, 0) is 43.7 Å². The van der Waals surface area contributed by atoms with Crippen LogP contribution >= 0.6 is 0 Å². The molecule has 1 spiro atoms. The van der Waals surface area contributed by atoms with Gasteiger partial charge in [-0.3, -0.25) is 9.59 Å². The van der Waals surface area contributed by atoms with Crippen molar-refractivity contribution in [2.45, 2.75) is 82.1 Å². The highest BCUT2D eigenvalue weighted by Gasteiger charge is 2.45. The van der Waals surface area contributed by atoms with Crippen molar-refractivity contribution in [3.8, 4) is 5.75 Å². The van der Waals surface area contributed by atoms with E-state index in [2.05, 4.69) is 23.1 Å². The Bertz CT molecular complexity index is 803. The van der Waals surface area contributed by atoms with Gasteiger partial charge in [0.25, 0.3) is 0 Å². The van der Waals surface area contributed by atoms with Crippen molar-refractivity contribution in [3.05, 3.63) is 29.8 Å². The Hall–Kier alpha value is -2.04. The van der Waals surface area contributed by atoms with Crippen LogP contribution < -0.4 is 4.74 Å². The number of para-hydroxylation sites is 1. The van der Waals surface area contributed by atoms with Crippen LogP contribution in [0.4, 0.5) is 0 Å². The normalized spacial score (nSPS) is 25.9. The van der Waals surface area contributed by atoms with Crippen LogP contribution in [0.2, 0.25) is 0 Å². The summed E-state index contributed by atoms with van der Waals surface area (Å²) < 4.78 is 6.61. The fraction of sp³-hybridized carbons (Fsp3) is 0.692. The molecule has 3 aliphatic heterocycles. The lowest BCUT2D eigenvalue weighted by molar-refractivity contribution is -0.140. The van der Waals surface area contributed by atoms with Crippen LogP contribution in [0.1, 0.15) is 82.1 Å². The number of carbonyl (C=O) groups is 2. The number of nitrogens with zero attached hydrogens (tertiary/aromatic N) is 2. The molecular weight excluding hydrogens is 388 g/mol. The lowest BCUT2D eigenvalue weighted by atomic mass is 9.75. The molecule has 1 aromatic rings. The number of fused-ring (bicyclic) bond motifs is 1. The number of carbonyl (C=O) groups excluding carboxylic acids is 2. The van der Waals surface area contributed by atoms with E-state index < -0.39 is 0 Å². The first-order valence-corrected chi connectivity index (χ1v) is 12.5. The van der Waals surface area contributed by atoms with E-state index in [4.69, 9.17) is 4.74 Å². The Labute approximate surface area is 186 Å². The second-order valence-electron chi connectivity index (χ2n) is 10.2. The van der Waals surface area contributed by atoms with Crippen molar-refractivity contribution in [2.75, 3.05) is 26.2 Å². The zero-order valence-electron chi connectivity index (χ0n) is 18.7. The SMILES string of the molecule is O=C(C[C@H]1CC2(CCN(C(=O)C3CCCCC3)CC2)Oc2ccccc21)N1CCCC1. The smallest absolute Gasteiger partial charge is 0.225 e. The number of piperidine rings is 1. The first-order chi connectivity index (χ1) is 15.1. The van der Waals surface area contributed by atoms with Gasteiger partial charge in [0.15, 0.2) is 0 Å². The summed E-state index contributed by atoms with van der Waals surface area (Å²) in [4.78, 5) is 30.1. The van der Waals surface area contributed by atoms with Crippen LogP contribution in [-0.4, -0.2) is 53.4 Å². The number of hydrogen-bond acceptors (Lipinski definition) is 3. The van der Waals surface area contributed by atoms with E-state index in [1.54, 1.807) is 0 Å². The second kappa shape index (κ2) is 8.84. The Morgan fingerprint density at radius 3 is 2.35 bits per heavy atom. The Morgan fingerprint density at radius 2 is 1.61 bits per heavy atom. The van der Waals surface area contributed by atoms with Crippen molar-refractivity contribution in [1.82, 2.24) is 9.80 Å². The largest absolute Gasteiger partial charge is 0.487 e. The van der Waals surface area contributed by atoms with E-state index in [0.29, 0.717) is 18.2 Å². The first-order valence-electron chi connectivity index (χ1n) is 12.5. The standard InChI is InChI=1S/C26H36N2O3/c29-24(27-14-6-7-15-27)18-21-19-26(31-23-11-5-4-10-22(21)23)12-16-28(17-13-26)25(30)20-8-2-1-3-9-20/h4-5,10-11,20-21H,1-3,6-9,12-19H2/t21-/m0/s1. The summed E-state index contributed by atoms with van der Waals surface area (Å²) in [7, 11) is 0. The first kappa shape index (κ1) is 20.8. The van der Waals surface area contributed by atoms with Gasteiger partial charge in [0.2, 0.25) is 11.8 Å². The minimum atomic E-state index is -0.242. The molecule has 0 bridgehead atoms. The molecule has 1 saturated carbocycles. The average Bonchev–Trinajstić information content (AvgIpc) is 3.35. The lowest BCUT2D eigenvalue weighted by Gasteiger charge is -2.47. The van der Waals surface area contributed by atoms with Crippen molar-refractivity contribution in [3.63, 3.8) is 0 Å². The molecule has 3 fully saturated rings. The number of ether oxygens (including phenoxy) is 1. The van der Waals surface area contributed by atoms with Crippen molar-refractivity contribution < 1.29 is 14.3 Å². The molecule has 2 saturated heterocycles. The van der Waals surface area contributed by atoms with Crippen LogP contribution in [-0.2, 0) is 9.59 Å². The van der Waals surface area contributed by atoms with Crippen molar-refractivity contribution >= 4 is 11.8 Å². The highest BCUT2D eigenvalue weighted by atomic mass is 16.5. The van der Waals surface area contributed by atoms with E-state index >= 15 is 0 Å². The summed E-state index contributed by atoms with van der Waals surface area (Å²) in [6.07, 6.45) is 11.2. The van der Waals surface area contributed by atoms with Gasteiger partial charge in [0.05, 0.1) is 0 Å². The predicted molar refractivity (Wildman–Crippen MR) is 120 cm³/mol. The average molecular weight is 425 g/mol. The number of benzene rings is 1. The molecular formula is C26H36N2O3. The van der Waals surface area contributed by atoms with Crippen LogP contribution in [0.3, 0.4) is 0 Å². The maximum absolute atomic E-state index is 13.0. The zero-order chi connectivity index (χ0) is 21.3. The van der Waals surface area contributed by atoms with E-state index in [-0.39, 0.29) is 17.4 Å².